The lowest BCUT2D eigenvalue weighted by molar-refractivity contribution is -0.121. The zero-order valence-corrected chi connectivity index (χ0v) is 19.2. The Balaban J connectivity index is 1.50. The molecule has 1 saturated heterocycles. The number of nitrogens with zero attached hydrogens (tertiary/aromatic N) is 5. The van der Waals surface area contributed by atoms with Gasteiger partial charge in [0.1, 0.15) is 17.2 Å². The van der Waals surface area contributed by atoms with Gasteiger partial charge >= 0.3 is 0 Å². The van der Waals surface area contributed by atoms with E-state index in [4.69, 9.17) is 0 Å². The maximum atomic E-state index is 15.2. The van der Waals surface area contributed by atoms with E-state index in [1.165, 1.54) is 12.1 Å². The number of carbonyl (C=O) groups excluding carboxylic acids is 2. The summed E-state index contributed by atoms with van der Waals surface area (Å²) in [5, 5.41) is 0.820. The lowest BCUT2D eigenvalue weighted by Crippen LogP contribution is -2.29. The fourth-order valence-corrected chi connectivity index (χ4v) is 4.51. The van der Waals surface area contributed by atoms with Crippen LogP contribution in [-0.4, -0.2) is 31.3 Å². The first-order valence-electron chi connectivity index (χ1n) is 11.4. The lowest BCUT2D eigenvalue weighted by atomic mass is 10.1. The number of pyridine rings is 2. The molecule has 8 heteroatoms. The van der Waals surface area contributed by atoms with Crippen LogP contribution in [0.4, 0.5) is 10.1 Å². The van der Waals surface area contributed by atoms with Crippen LogP contribution in [0.15, 0.2) is 67.1 Å². The average Bonchev–Trinajstić information content (AvgIpc) is 3.41. The molecule has 0 unspecified atom stereocenters. The van der Waals surface area contributed by atoms with Gasteiger partial charge in [-0.05, 0) is 49.4 Å². The Kier molecular flexibility index (Phi) is 5.04. The van der Waals surface area contributed by atoms with Crippen LogP contribution in [-0.2, 0) is 9.59 Å². The monoisotopic (exact) mass is 475 g/mol. The third-order valence-corrected chi connectivity index (χ3v) is 6.14. The molecule has 1 fully saturated rings. The van der Waals surface area contributed by atoms with Crippen molar-refractivity contribution in [2.75, 3.05) is 4.90 Å². The molecule has 1 aliphatic rings. The highest BCUT2D eigenvalue weighted by atomic mass is 19.1. The summed E-state index contributed by atoms with van der Waals surface area (Å²) in [7, 11) is 0. The van der Waals surface area contributed by atoms with Crippen LogP contribution >= 0.6 is 0 Å². The summed E-state index contributed by atoms with van der Waals surface area (Å²) in [4.78, 5) is 38.4. The first-order chi connectivity index (χ1) is 17.5. The molecule has 2 amide bonds. The fraction of sp³-hybridized carbons (Fsp3) is 0.107. The minimum absolute atomic E-state index is 0.0344. The van der Waals surface area contributed by atoms with Crippen molar-refractivity contribution in [1.82, 2.24) is 19.5 Å². The second-order valence-electron chi connectivity index (χ2n) is 8.47. The molecule has 1 aliphatic heterocycles. The fourth-order valence-electron chi connectivity index (χ4n) is 4.51. The standard InChI is InChI=1S/C28H18FN5O2/c1-17-32-24-16-31-23-8-6-18(4-5-19-3-2-12-30-15-19)13-21(23)28(24)33(17)20-7-9-25(22(29)14-20)34-26(35)10-11-27(34)36/h2-3,6-9,12-16H,10-11H2,1H3. The van der Waals surface area contributed by atoms with E-state index in [-0.39, 0.29) is 18.5 Å². The van der Waals surface area contributed by atoms with Crippen molar-refractivity contribution in [3.05, 3.63) is 89.9 Å². The highest BCUT2D eigenvalue weighted by Crippen LogP contribution is 2.31. The number of hydrogen-bond donors (Lipinski definition) is 0. The van der Waals surface area contributed by atoms with Crippen LogP contribution in [0, 0.1) is 24.6 Å². The summed E-state index contributed by atoms with van der Waals surface area (Å²) in [6, 6.07) is 13.9. The Labute approximate surface area is 205 Å². The number of aryl methyl sites for hydroxylation is 1. The Hall–Kier alpha value is -4.90. The van der Waals surface area contributed by atoms with Crippen LogP contribution < -0.4 is 4.90 Å². The smallest absolute Gasteiger partial charge is 0.234 e. The van der Waals surface area contributed by atoms with Gasteiger partial charge in [0.15, 0.2) is 0 Å². The van der Waals surface area contributed by atoms with E-state index < -0.39 is 17.6 Å². The SMILES string of the molecule is Cc1nc2cnc3ccc(C#Cc4cccnc4)cc3c2n1-c1ccc(N2C(=O)CCC2=O)c(F)c1. The zero-order valence-electron chi connectivity index (χ0n) is 19.2. The van der Waals surface area contributed by atoms with E-state index in [1.54, 1.807) is 24.7 Å². The normalized spacial score (nSPS) is 13.4. The van der Waals surface area contributed by atoms with Crippen molar-refractivity contribution in [3.63, 3.8) is 0 Å². The van der Waals surface area contributed by atoms with Gasteiger partial charge in [0.2, 0.25) is 11.8 Å². The Morgan fingerprint density at radius 1 is 0.917 bits per heavy atom. The average molecular weight is 475 g/mol. The Morgan fingerprint density at radius 2 is 1.72 bits per heavy atom. The molecule has 0 bridgehead atoms. The van der Waals surface area contributed by atoms with Gasteiger partial charge in [-0.1, -0.05) is 11.8 Å². The van der Waals surface area contributed by atoms with Crippen molar-refractivity contribution in [1.29, 1.82) is 0 Å². The molecule has 0 saturated carbocycles. The summed E-state index contributed by atoms with van der Waals surface area (Å²) in [6.07, 6.45) is 5.28. The molecule has 0 N–H and O–H groups in total. The van der Waals surface area contributed by atoms with Gasteiger partial charge in [-0.2, -0.15) is 0 Å². The molecule has 4 heterocycles. The van der Waals surface area contributed by atoms with Crippen LogP contribution in [0.25, 0.3) is 27.6 Å². The third-order valence-electron chi connectivity index (χ3n) is 6.14. The topological polar surface area (TPSA) is 81.0 Å². The number of fused-ring (bicyclic) bond motifs is 3. The van der Waals surface area contributed by atoms with Gasteiger partial charge in [-0.15, -0.1) is 0 Å². The second kappa shape index (κ2) is 8.40. The van der Waals surface area contributed by atoms with Crippen molar-refractivity contribution in [3.8, 4) is 17.5 Å². The van der Waals surface area contributed by atoms with Gasteiger partial charge in [-0.3, -0.25) is 24.1 Å². The van der Waals surface area contributed by atoms with Crippen molar-refractivity contribution >= 4 is 39.4 Å². The molecule has 0 radical (unpaired) electrons. The minimum atomic E-state index is -0.654. The van der Waals surface area contributed by atoms with E-state index in [1.807, 2.05) is 41.8 Å². The molecule has 0 atom stereocenters. The molecule has 7 nitrogen and oxygen atoms in total. The molecular weight excluding hydrogens is 457 g/mol. The lowest BCUT2D eigenvalue weighted by Gasteiger charge is -2.16. The summed E-state index contributed by atoms with van der Waals surface area (Å²) in [6.45, 7) is 1.83. The van der Waals surface area contributed by atoms with Crippen LogP contribution in [0.2, 0.25) is 0 Å². The number of halogens is 1. The predicted octanol–water partition coefficient (Wildman–Crippen LogP) is 4.47. The number of hydrogen-bond acceptors (Lipinski definition) is 5. The quantitative estimate of drug-likeness (QED) is 0.278. The van der Waals surface area contributed by atoms with E-state index >= 15 is 4.39 Å². The molecule has 3 aromatic heterocycles. The largest absolute Gasteiger partial charge is 0.296 e. The number of imide groups is 1. The number of imidazole rings is 1. The highest BCUT2D eigenvalue weighted by Gasteiger charge is 2.32. The molecule has 0 aliphatic carbocycles. The van der Waals surface area contributed by atoms with Crippen LogP contribution in [0.1, 0.15) is 29.8 Å². The molecule has 36 heavy (non-hydrogen) atoms. The van der Waals surface area contributed by atoms with Gasteiger partial charge in [0, 0.05) is 47.8 Å². The predicted molar refractivity (Wildman–Crippen MR) is 133 cm³/mol. The Bertz CT molecular complexity index is 1750. The highest BCUT2D eigenvalue weighted by molar-refractivity contribution is 6.19. The number of benzene rings is 2. The maximum Gasteiger partial charge on any atom is 0.234 e. The van der Waals surface area contributed by atoms with E-state index in [2.05, 4.69) is 26.8 Å². The number of amides is 2. The minimum Gasteiger partial charge on any atom is -0.296 e. The third kappa shape index (κ3) is 3.58. The van der Waals surface area contributed by atoms with E-state index in [0.29, 0.717) is 17.0 Å². The number of rotatable bonds is 2. The molecular formula is C28H18FN5O2. The number of aromatic nitrogens is 4. The summed E-state index contributed by atoms with van der Waals surface area (Å²) >= 11 is 0. The second-order valence-corrected chi connectivity index (χ2v) is 8.47. The van der Waals surface area contributed by atoms with E-state index in [0.717, 1.165) is 32.4 Å². The summed E-state index contributed by atoms with van der Waals surface area (Å²) in [5.74, 6) is 5.47. The Morgan fingerprint density at radius 3 is 2.47 bits per heavy atom. The summed E-state index contributed by atoms with van der Waals surface area (Å²) < 4.78 is 17.0. The van der Waals surface area contributed by atoms with Gasteiger partial charge < -0.3 is 0 Å². The molecule has 0 spiro atoms. The molecule has 2 aromatic carbocycles. The van der Waals surface area contributed by atoms with Crippen molar-refractivity contribution < 1.29 is 14.0 Å². The molecule has 5 aromatic rings. The zero-order chi connectivity index (χ0) is 24.8. The van der Waals surface area contributed by atoms with Crippen LogP contribution in [0.3, 0.4) is 0 Å². The van der Waals surface area contributed by atoms with Crippen LogP contribution in [0.5, 0.6) is 0 Å². The maximum absolute atomic E-state index is 15.2. The van der Waals surface area contributed by atoms with E-state index in [9.17, 15) is 9.59 Å². The van der Waals surface area contributed by atoms with Gasteiger partial charge in [0.25, 0.3) is 0 Å². The first-order valence-corrected chi connectivity index (χ1v) is 11.4. The van der Waals surface area contributed by atoms with Crippen molar-refractivity contribution in [2.24, 2.45) is 0 Å². The van der Waals surface area contributed by atoms with Gasteiger partial charge in [0.05, 0.1) is 28.6 Å². The molecule has 174 valence electrons. The molecule has 6 rings (SSSR count). The summed E-state index contributed by atoms with van der Waals surface area (Å²) in [5.41, 5.74) is 4.26. The number of carbonyl (C=O) groups is 2. The van der Waals surface area contributed by atoms with Gasteiger partial charge in [-0.25, -0.2) is 14.3 Å². The number of anilines is 1. The first kappa shape index (κ1) is 21.6. The van der Waals surface area contributed by atoms with Crippen molar-refractivity contribution in [2.45, 2.75) is 19.8 Å².